The fourth-order valence-electron chi connectivity index (χ4n) is 2.48. The molecule has 0 fully saturated rings. The molecular formula is C19H32ClN. The highest BCUT2D eigenvalue weighted by Crippen LogP contribution is 2.24. The van der Waals surface area contributed by atoms with E-state index in [1.54, 1.807) is 0 Å². The summed E-state index contributed by atoms with van der Waals surface area (Å²) in [6.07, 6.45) is 5.02. The van der Waals surface area contributed by atoms with Gasteiger partial charge in [-0.05, 0) is 43.0 Å². The van der Waals surface area contributed by atoms with Gasteiger partial charge in [-0.15, -0.1) is 11.6 Å². The van der Waals surface area contributed by atoms with E-state index in [0.717, 1.165) is 6.54 Å². The van der Waals surface area contributed by atoms with Gasteiger partial charge in [-0.1, -0.05) is 64.8 Å². The Bertz CT molecular complexity index is 364. The third-order valence-electron chi connectivity index (χ3n) is 4.04. The van der Waals surface area contributed by atoms with E-state index in [1.165, 1.54) is 49.9 Å². The van der Waals surface area contributed by atoms with E-state index in [-0.39, 0.29) is 5.38 Å². The molecule has 0 heterocycles. The molecule has 0 aliphatic rings. The fraction of sp³-hybridized carbons (Fsp3) is 0.684. The molecule has 0 bridgehead atoms. The maximum atomic E-state index is 6.65. The Hall–Kier alpha value is -0.530. The van der Waals surface area contributed by atoms with Crippen molar-refractivity contribution in [2.24, 2.45) is 0 Å². The van der Waals surface area contributed by atoms with Crippen LogP contribution in [0.3, 0.4) is 0 Å². The summed E-state index contributed by atoms with van der Waals surface area (Å²) in [6, 6.07) is 8.84. The Morgan fingerprint density at radius 1 is 0.905 bits per heavy atom. The maximum absolute atomic E-state index is 6.65. The normalized spacial score (nSPS) is 13.1. The topological polar surface area (TPSA) is 3.24 Å². The number of hydrogen-bond donors (Lipinski definition) is 0. The van der Waals surface area contributed by atoms with Crippen LogP contribution in [0.2, 0.25) is 0 Å². The molecule has 1 aromatic rings. The van der Waals surface area contributed by atoms with Crippen molar-refractivity contribution in [3.05, 3.63) is 35.4 Å². The summed E-state index contributed by atoms with van der Waals surface area (Å²) in [5.41, 5.74) is 2.63. The minimum atomic E-state index is 0.0972. The average Bonchev–Trinajstić information content (AvgIpc) is 2.49. The molecular weight excluding hydrogens is 278 g/mol. The van der Waals surface area contributed by atoms with E-state index in [0.29, 0.717) is 5.92 Å². The molecule has 1 nitrogen and oxygen atoms in total. The summed E-state index contributed by atoms with van der Waals surface area (Å²) in [7, 11) is 0. The number of alkyl halides is 1. The van der Waals surface area contributed by atoms with Gasteiger partial charge in [0.1, 0.15) is 0 Å². The zero-order chi connectivity index (χ0) is 15.7. The van der Waals surface area contributed by atoms with Crippen molar-refractivity contribution in [1.29, 1.82) is 0 Å². The molecule has 21 heavy (non-hydrogen) atoms. The molecule has 0 N–H and O–H groups in total. The van der Waals surface area contributed by atoms with Crippen molar-refractivity contribution < 1.29 is 0 Å². The van der Waals surface area contributed by atoms with E-state index in [2.05, 4.69) is 56.9 Å². The Kier molecular flexibility index (Phi) is 9.03. The first-order chi connectivity index (χ1) is 10.1. The standard InChI is InChI=1S/C19H32ClN/c1-5-7-13-21(14-8-6-2)15-19(20)18-11-9-17(10-12-18)16(3)4/h9-12,16,19H,5-8,13-15H2,1-4H3. The second-order valence-corrected chi connectivity index (χ2v) is 6.82. The molecule has 0 amide bonds. The van der Waals surface area contributed by atoms with Crippen LogP contribution >= 0.6 is 11.6 Å². The molecule has 1 rings (SSSR count). The molecule has 0 aliphatic heterocycles. The molecule has 2 heteroatoms. The van der Waals surface area contributed by atoms with Crippen LogP contribution in [0.25, 0.3) is 0 Å². The molecule has 1 atom stereocenters. The van der Waals surface area contributed by atoms with E-state index in [4.69, 9.17) is 11.6 Å². The van der Waals surface area contributed by atoms with Gasteiger partial charge in [-0.2, -0.15) is 0 Å². The van der Waals surface area contributed by atoms with Crippen molar-refractivity contribution in [2.75, 3.05) is 19.6 Å². The molecule has 0 saturated carbocycles. The van der Waals surface area contributed by atoms with Crippen molar-refractivity contribution in [2.45, 2.75) is 64.7 Å². The van der Waals surface area contributed by atoms with Gasteiger partial charge >= 0.3 is 0 Å². The lowest BCUT2D eigenvalue weighted by atomic mass is 10.0. The molecule has 120 valence electrons. The fourth-order valence-corrected chi connectivity index (χ4v) is 2.82. The predicted molar refractivity (Wildman–Crippen MR) is 95.4 cm³/mol. The van der Waals surface area contributed by atoms with E-state index < -0.39 is 0 Å². The van der Waals surface area contributed by atoms with Gasteiger partial charge < -0.3 is 4.90 Å². The van der Waals surface area contributed by atoms with Gasteiger partial charge in [0, 0.05) is 6.54 Å². The van der Waals surface area contributed by atoms with Gasteiger partial charge in [0.05, 0.1) is 5.38 Å². The van der Waals surface area contributed by atoms with Gasteiger partial charge in [0.15, 0.2) is 0 Å². The first kappa shape index (κ1) is 18.5. The molecule has 0 radical (unpaired) electrons. The van der Waals surface area contributed by atoms with Crippen molar-refractivity contribution in [3.63, 3.8) is 0 Å². The Morgan fingerprint density at radius 2 is 1.38 bits per heavy atom. The summed E-state index contributed by atoms with van der Waals surface area (Å²) in [5, 5.41) is 0.0972. The third kappa shape index (κ3) is 6.84. The maximum Gasteiger partial charge on any atom is 0.0712 e. The lowest BCUT2D eigenvalue weighted by Crippen LogP contribution is -2.29. The summed E-state index contributed by atoms with van der Waals surface area (Å²) >= 11 is 6.65. The number of halogens is 1. The highest BCUT2D eigenvalue weighted by molar-refractivity contribution is 6.21. The van der Waals surface area contributed by atoms with E-state index >= 15 is 0 Å². The van der Waals surface area contributed by atoms with Crippen LogP contribution in [-0.2, 0) is 0 Å². The third-order valence-corrected chi connectivity index (χ3v) is 4.43. The average molecular weight is 310 g/mol. The SMILES string of the molecule is CCCCN(CCCC)CC(Cl)c1ccc(C(C)C)cc1. The molecule has 0 spiro atoms. The lowest BCUT2D eigenvalue weighted by Gasteiger charge is -2.25. The Balaban J connectivity index is 2.59. The number of unbranched alkanes of at least 4 members (excludes halogenated alkanes) is 2. The number of benzene rings is 1. The minimum Gasteiger partial charge on any atom is -0.302 e. The van der Waals surface area contributed by atoms with Crippen LogP contribution in [0, 0.1) is 0 Å². The highest BCUT2D eigenvalue weighted by Gasteiger charge is 2.13. The first-order valence-corrected chi connectivity index (χ1v) is 8.98. The van der Waals surface area contributed by atoms with E-state index in [1.807, 2.05) is 0 Å². The zero-order valence-electron chi connectivity index (χ0n) is 14.2. The van der Waals surface area contributed by atoms with Crippen LogP contribution in [0.5, 0.6) is 0 Å². The number of hydrogen-bond acceptors (Lipinski definition) is 1. The molecule has 0 saturated heterocycles. The summed E-state index contributed by atoms with van der Waals surface area (Å²) < 4.78 is 0. The van der Waals surface area contributed by atoms with Gasteiger partial charge in [0.25, 0.3) is 0 Å². The van der Waals surface area contributed by atoms with Crippen LogP contribution in [0.15, 0.2) is 24.3 Å². The lowest BCUT2D eigenvalue weighted by molar-refractivity contribution is 0.265. The quantitative estimate of drug-likeness (QED) is 0.480. The van der Waals surface area contributed by atoms with Gasteiger partial charge in [-0.3, -0.25) is 0 Å². The smallest absolute Gasteiger partial charge is 0.0712 e. The Labute approximate surface area is 136 Å². The number of rotatable bonds is 10. The van der Waals surface area contributed by atoms with Gasteiger partial charge in [0.2, 0.25) is 0 Å². The van der Waals surface area contributed by atoms with Crippen LogP contribution in [0.4, 0.5) is 0 Å². The summed E-state index contributed by atoms with van der Waals surface area (Å²) in [4.78, 5) is 2.53. The van der Waals surface area contributed by atoms with Crippen LogP contribution < -0.4 is 0 Å². The molecule has 0 aromatic heterocycles. The molecule has 1 unspecified atom stereocenters. The first-order valence-electron chi connectivity index (χ1n) is 8.54. The second-order valence-electron chi connectivity index (χ2n) is 6.30. The van der Waals surface area contributed by atoms with Crippen LogP contribution in [-0.4, -0.2) is 24.5 Å². The monoisotopic (exact) mass is 309 g/mol. The summed E-state index contributed by atoms with van der Waals surface area (Å²) in [5.74, 6) is 0.582. The second kappa shape index (κ2) is 10.2. The predicted octanol–water partition coefficient (Wildman–Crippen LogP) is 5.99. The minimum absolute atomic E-state index is 0.0972. The summed E-state index contributed by atoms with van der Waals surface area (Å²) in [6.45, 7) is 12.3. The van der Waals surface area contributed by atoms with Crippen molar-refractivity contribution in [3.8, 4) is 0 Å². The Morgan fingerprint density at radius 3 is 1.81 bits per heavy atom. The molecule has 1 aromatic carbocycles. The molecule has 0 aliphatic carbocycles. The number of nitrogens with zero attached hydrogens (tertiary/aromatic N) is 1. The van der Waals surface area contributed by atoms with Gasteiger partial charge in [-0.25, -0.2) is 0 Å². The zero-order valence-corrected chi connectivity index (χ0v) is 15.0. The largest absolute Gasteiger partial charge is 0.302 e. The van der Waals surface area contributed by atoms with E-state index in [9.17, 15) is 0 Å². The van der Waals surface area contributed by atoms with Crippen LogP contribution in [0.1, 0.15) is 75.8 Å². The highest BCUT2D eigenvalue weighted by atomic mass is 35.5. The van der Waals surface area contributed by atoms with Crippen molar-refractivity contribution in [1.82, 2.24) is 4.90 Å². The van der Waals surface area contributed by atoms with Crippen molar-refractivity contribution >= 4 is 11.6 Å².